The number of aryl methyl sites for hydroxylation is 2. The molecule has 0 aliphatic heterocycles. The van der Waals surface area contributed by atoms with Gasteiger partial charge in [-0.25, -0.2) is 9.13 Å². The van der Waals surface area contributed by atoms with Gasteiger partial charge in [0.2, 0.25) is 17.7 Å². The number of carbonyl (C=O) groups is 2. The lowest BCUT2D eigenvalue weighted by Gasteiger charge is -2.01. The zero-order valence-corrected chi connectivity index (χ0v) is 10.7. The minimum atomic E-state index is -0.252. The van der Waals surface area contributed by atoms with E-state index in [9.17, 15) is 9.59 Å². The fourth-order valence-corrected chi connectivity index (χ4v) is 1.75. The van der Waals surface area contributed by atoms with Crippen molar-refractivity contribution in [2.24, 2.45) is 0 Å². The van der Waals surface area contributed by atoms with E-state index in [1.54, 1.807) is 29.6 Å². The van der Waals surface area contributed by atoms with Crippen LogP contribution in [0, 0.1) is 0 Å². The summed E-state index contributed by atoms with van der Waals surface area (Å²) in [6.45, 7) is 5.14. The molecule has 0 unspecified atom stereocenters. The van der Waals surface area contributed by atoms with Gasteiger partial charge in [-0.15, -0.1) is 0 Å². The molecule has 2 amide bonds. The SMILES string of the molecule is CCn1c[n+](CC)c(C(=O)NC)c1C(=O)NC. The topological polar surface area (TPSA) is 67.0 Å². The number of hydrogen-bond donors (Lipinski definition) is 2. The summed E-state index contributed by atoms with van der Waals surface area (Å²) in [5.74, 6) is -0.504. The third-order valence-corrected chi connectivity index (χ3v) is 2.64. The molecule has 0 aromatic carbocycles. The Labute approximate surface area is 101 Å². The van der Waals surface area contributed by atoms with E-state index >= 15 is 0 Å². The standard InChI is InChI=1S/C11H18N4O2/c1-5-14-7-15(6-2)9(11(17)13-4)8(14)10(16)12-3/h7H,5-6H2,1-4H3,(H-,12,13,16,17)/p+1. The van der Waals surface area contributed by atoms with Crippen molar-refractivity contribution >= 4 is 11.8 Å². The predicted molar refractivity (Wildman–Crippen MR) is 62.8 cm³/mol. The smallest absolute Gasteiger partial charge is 0.295 e. The molecule has 1 heterocycles. The van der Waals surface area contributed by atoms with Crippen LogP contribution in [0.3, 0.4) is 0 Å². The number of hydrogen-bond acceptors (Lipinski definition) is 2. The van der Waals surface area contributed by atoms with Gasteiger partial charge < -0.3 is 10.6 Å². The molecular weight excluding hydrogens is 220 g/mol. The molecule has 0 aliphatic rings. The summed E-state index contributed by atoms with van der Waals surface area (Å²) in [4.78, 5) is 23.7. The van der Waals surface area contributed by atoms with Gasteiger partial charge >= 0.3 is 0 Å². The number of carbonyl (C=O) groups excluding carboxylic acids is 2. The van der Waals surface area contributed by atoms with Gasteiger partial charge in [-0.2, -0.15) is 0 Å². The highest BCUT2D eigenvalue weighted by Crippen LogP contribution is 2.06. The van der Waals surface area contributed by atoms with Crippen LogP contribution in [-0.2, 0) is 13.1 Å². The third kappa shape index (κ3) is 2.30. The Hall–Kier alpha value is -1.85. The molecule has 0 saturated carbocycles. The summed E-state index contributed by atoms with van der Waals surface area (Å²) in [7, 11) is 3.11. The average molecular weight is 239 g/mol. The Balaban J connectivity index is 3.45. The summed E-state index contributed by atoms with van der Waals surface area (Å²) in [5, 5.41) is 5.12. The van der Waals surface area contributed by atoms with Gasteiger partial charge in [-0.05, 0) is 13.8 Å². The number of nitrogens with zero attached hydrogens (tertiary/aromatic N) is 2. The van der Waals surface area contributed by atoms with E-state index in [1.165, 1.54) is 0 Å². The van der Waals surface area contributed by atoms with Crippen LogP contribution in [0.5, 0.6) is 0 Å². The van der Waals surface area contributed by atoms with E-state index in [4.69, 9.17) is 0 Å². The molecule has 6 nitrogen and oxygen atoms in total. The maximum absolute atomic E-state index is 11.8. The molecule has 6 heteroatoms. The number of nitrogens with one attached hydrogen (secondary N) is 2. The van der Waals surface area contributed by atoms with Crippen LogP contribution in [0.4, 0.5) is 0 Å². The van der Waals surface area contributed by atoms with Crippen LogP contribution < -0.4 is 15.2 Å². The summed E-state index contributed by atoms with van der Waals surface area (Å²) >= 11 is 0. The Morgan fingerprint density at radius 3 is 2.24 bits per heavy atom. The van der Waals surface area contributed by atoms with Crippen molar-refractivity contribution in [2.75, 3.05) is 14.1 Å². The minimum Gasteiger partial charge on any atom is -0.352 e. The van der Waals surface area contributed by atoms with E-state index in [0.29, 0.717) is 24.5 Å². The third-order valence-electron chi connectivity index (χ3n) is 2.64. The Bertz CT molecular complexity index is 398. The van der Waals surface area contributed by atoms with Crippen LogP contribution in [0.25, 0.3) is 0 Å². The first kappa shape index (κ1) is 13.2. The lowest BCUT2D eigenvalue weighted by atomic mass is 10.2. The number of imidazole rings is 1. The van der Waals surface area contributed by atoms with E-state index in [1.807, 2.05) is 13.8 Å². The zero-order valence-electron chi connectivity index (χ0n) is 10.7. The first-order chi connectivity index (χ1) is 8.10. The number of rotatable bonds is 4. The molecule has 0 fully saturated rings. The van der Waals surface area contributed by atoms with Gasteiger partial charge in [0.25, 0.3) is 11.8 Å². The summed E-state index contributed by atoms with van der Waals surface area (Å²) in [6.07, 6.45) is 1.79. The second-order valence-electron chi connectivity index (χ2n) is 3.54. The van der Waals surface area contributed by atoms with Gasteiger partial charge in [0, 0.05) is 14.1 Å². The van der Waals surface area contributed by atoms with E-state index in [2.05, 4.69) is 10.6 Å². The predicted octanol–water partition coefficient (Wildman–Crippen LogP) is -0.465. The van der Waals surface area contributed by atoms with Crippen molar-refractivity contribution in [2.45, 2.75) is 26.9 Å². The van der Waals surface area contributed by atoms with Crippen molar-refractivity contribution in [1.29, 1.82) is 0 Å². The molecule has 17 heavy (non-hydrogen) atoms. The van der Waals surface area contributed by atoms with Crippen molar-refractivity contribution in [3.8, 4) is 0 Å². The van der Waals surface area contributed by atoms with E-state index in [-0.39, 0.29) is 11.8 Å². The largest absolute Gasteiger partial charge is 0.352 e. The molecule has 1 aromatic rings. The molecule has 2 N–H and O–H groups in total. The molecule has 1 rings (SSSR count). The lowest BCUT2D eigenvalue weighted by molar-refractivity contribution is -0.694. The van der Waals surface area contributed by atoms with Gasteiger partial charge in [-0.1, -0.05) is 0 Å². The van der Waals surface area contributed by atoms with Crippen molar-refractivity contribution in [1.82, 2.24) is 15.2 Å². The van der Waals surface area contributed by atoms with Crippen molar-refractivity contribution in [3.63, 3.8) is 0 Å². The summed E-state index contributed by atoms with van der Waals surface area (Å²) in [6, 6.07) is 0. The summed E-state index contributed by atoms with van der Waals surface area (Å²) < 4.78 is 3.54. The van der Waals surface area contributed by atoms with Gasteiger partial charge in [0.05, 0.1) is 13.1 Å². The van der Waals surface area contributed by atoms with Crippen molar-refractivity contribution in [3.05, 3.63) is 17.7 Å². The van der Waals surface area contributed by atoms with Crippen molar-refractivity contribution < 1.29 is 14.2 Å². The molecule has 0 spiro atoms. The first-order valence-electron chi connectivity index (χ1n) is 5.67. The first-order valence-corrected chi connectivity index (χ1v) is 5.67. The normalized spacial score (nSPS) is 10.1. The van der Waals surface area contributed by atoms with Crippen LogP contribution in [0.15, 0.2) is 6.33 Å². The van der Waals surface area contributed by atoms with Gasteiger partial charge in [-0.3, -0.25) is 9.59 Å². The molecule has 94 valence electrons. The molecule has 0 radical (unpaired) electrons. The maximum atomic E-state index is 11.8. The Kier molecular flexibility index (Phi) is 4.25. The van der Waals surface area contributed by atoms with E-state index in [0.717, 1.165) is 0 Å². The second-order valence-corrected chi connectivity index (χ2v) is 3.54. The molecule has 1 aromatic heterocycles. The highest BCUT2D eigenvalue weighted by Gasteiger charge is 2.31. The molecule has 0 saturated heterocycles. The number of aromatic nitrogens is 2. The molecule has 0 atom stereocenters. The highest BCUT2D eigenvalue weighted by molar-refractivity contribution is 6.03. The molecule has 0 bridgehead atoms. The second kappa shape index (κ2) is 5.47. The van der Waals surface area contributed by atoms with Crippen LogP contribution >= 0.6 is 0 Å². The fraction of sp³-hybridized carbons (Fsp3) is 0.545. The zero-order chi connectivity index (χ0) is 13.0. The van der Waals surface area contributed by atoms with Gasteiger partial charge in [0.15, 0.2) is 0 Å². The summed E-state index contributed by atoms with van der Waals surface area (Å²) in [5.41, 5.74) is 0.799. The monoisotopic (exact) mass is 239 g/mol. The highest BCUT2D eigenvalue weighted by atomic mass is 16.2. The maximum Gasteiger partial charge on any atom is 0.295 e. The van der Waals surface area contributed by atoms with E-state index < -0.39 is 0 Å². The van der Waals surface area contributed by atoms with Crippen LogP contribution in [-0.4, -0.2) is 30.5 Å². The van der Waals surface area contributed by atoms with Crippen LogP contribution in [0.2, 0.25) is 0 Å². The van der Waals surface area contributed by atoms with Crippen LogP contribution in [0.1, 0.15) is 34.8 Å². The average Bonchev–Trinajstić information content (AvgIpc) is 2.75. The lowest BCUT2D eigenvalue weighted by Crippen LogP contribution is -2.41. The van der Waals surface area contributed by atoms with Gasteiger partial charge in [0.1, 0.15) is 0 Å². The molecular formula is C11H19N4O2+. The Morgan fingerprint density at radius 2 is 1.82 bits per heavy atom. The quantitative estimate of drug-likeness (QED) is 0.698. The fourth-order valence-electron chi connectivity index (χ4n) is 1.75. The Morgan fingerprint density at radius 1 is 1.24 bits per heavy atom. The minimum absolute atomic E-state index is 0.252. The molecule has 0 aliphatic carbocycles. The number of amides is 2.